The van der Waals surface area contributed by atoms with Gasteiger partial charge in [0.25, 0.3) is 10.0 Å². The van der Waals surface area contributed by atoms with Gasteiger partial charge in [0.15, 0.2) is 0 Å². The van der Waals surface area contributed by atoms with Gasteiger partial charge < -0.3 is 9.15 Å². The molecule has 0 aliphatic carbocycles. The van der Waals surface area contributed by atoms with E-state index in [1.165, 1.54) is 0 Å². The predicted molar refractivity (Wildman–Crippen MR) is 101 cm³/mol. The number of hydrogen-bond donors (Lipinski definition) is 0. The van der Waals surface area contributed by atoms with Crippen molar-refractivity contribution in [3.05, 3.63) is 84.3 Å². The van der Waals surface area contributed by atoms with E-state index in [-0.39, 0.29) is 4.90 Å². The SMILES string of the molecule is COc1ccccc1[C@@H]1CC(c2ccco2)=NN1S(=O)(=O)c1ccccc1. The summed E-state index contributed by atoms with van der Waals surface area (Å²) in [4.78, 5) is 0.189. The summed E-state index contributed by atoms with van der Waals surface area (Å²) < 4.78 is 38.6. The molecule has 138 valence electrons. The molecule has 0 radical (unpaired) electrons. The van der Waals surface area contributed by atoms with E-state index in [1.807, 2.05) is 24.3 Å². The van der Waals surface area contributed by atoms with Crippen LogP contribution >= 0.6 is 0 Å². The maximum absolute atomic E-state index is 13.3. The van der Waals surface area contributed by atoms with Crippen molar-refractivity contribution in [2.75, 3.05) is 7.11 Å². The zero-order valence-corrected chi connectivity index (χ0v) is 15.5. The number of hydrogen-bond acceptors (Lipinski definition) is 5. The van der Waals surface area contributed by atoms with E-state index in [1.54, 1.807) is 55.8 Å². The van der Waals surface area contributed by atoms with Gasteiger partial charge in [0.1, 0.15) is 17.2 Å². The van der Waals surface area contributed by atoms with Crippen LogP contribution < -0.4 is 4.74 Å². The van der Waals surface area contributed by atoms with E-state index in [9.17, 15) is 8.42 Å². The number of benzene rings is 2. The summed E-state index contributed by atoms with van der Waals surface area (Å²) >= 11 is 0. The van der Waals surface area contributed by atoms with Gasteiger partial charge in [-0.1, -0.05) is 36.4 Å². The van der Waals surface area contributed by atoms with Crippen LogP contribution in [0.1, 0.15) is 23.8 Å². The molecule has 2 heterocycles. The molecule has 1 aliphatic heterocycles. The highest BCUT2D eigenvalue weighted by Gasteiger charge is 2.39. The topological polar surface area (TPSA) is 72.1 Å². The van der Waals surface area contributed by atoms with Gasteiger partial charge >= 0.3 is 0 Å². The normalized spacial score (nSPS) is 17.0. The monoisotopic (exact) mass is 382 g/mol. The van der Waals surface area contributed by atoms with Crippen molar-refractivity contribution >= 4 is 15.7 Å². The lowest BCUT2D eigenvalue weighted by atomic mass is 10.0. The second-order valence-electron chi connectivity index (χ2n) is 6.08. The van der Waals surface area contributed by atoms with E-state index >= 15 is 0 Å². The van der Waals surface area contributed by atoms with Crippen LogP contribution in [0.3, 0.4) is 0 Å². The molecular formula is C20H18N2O4S. The lowest BCUT2D eigenvalue weighted by Crippen LogP contribution is -2.27. The van der Waals surface area contributed by atoms with Crippen molar-refractivity contribution in [2.45, 2.75) is 17.4 Å². The highest BCUT2D eigenvalue weighted by atomic mass is 32.2. The average Bonchev–Trinajstić information content (AvgIpc) is 3.38. The third-order valence-electron chi connectivity index (χ3n) is 4.46. The summed E-state index contributed by atoms with van der Waals surface area (Å²) in [5, 5.41) is 4.42. The zero-order chi connectivity index (χ0) is 18.9. The Hall–Kier alpha value is -3.06. The third kappa shape index (κ3) is 3.10. The number of methoxy groups -OCH3 is 1. The van der Waals surface area contributed by atoms with Gasteiger partial charge in [-0.05, 0) is 30.3 Å². The minimum Gasteiger partial charge on any atom is -0.496 e. The molecule has 1 aliphatic rings. The van der Waals surface area contributed by atoms with Crippen LogP contribution in [0.5, 0.6) is 5.75 Å². The lowest BCUT2D eigenvalue weighted by molar-refractivity contribution is 0.350. The Balaban J connectivity index is 1.83. The van der Waals surface area contributed by atoms with Crippen LogP contribution in [0.15, 0.2) is 87.4 Å². The minimum atomic E-state index is -3.84. The lowest BCUT2D eigenvalue weighted by Gasteiger charge is -2.24. The van der Waals surface area contributed by atoms with E-state index in [0.717, 1.165) is 9.98 Å². The first-order chi connectivity index (χ1) is 13.1. The summed E-state index contributed by atoms with van der Waals surface area (Å²) in [7, 11) is -2.27. The molecule has 0 saturated heterocycles. The van der Waals surface area contributed by atoms with Crippen molar-refractivity contribution in [1.82, 2.24) is 4.41 Å². The zero-order valence-electron chi connectivity index (χ0n) is 14.6. The molecule has 7 heteroatoms. The number of hydrazone groups is 1. The Kier molecular flexibility index (Phi) is 4.45. The molecule has 0 fully saturated rings. The molecule has 3 aromatic rings. The Bertz CT molecular complexity index is 1060. The number of rotatable bonds is 5. The maximum Gasteiger partial charge on any atom is 0.279 e. The standard InChI is InChI=1S/C20H18N2O4S/c1-25-19-11-6-5-10-16(19)18-14-17(20-12-7-13-26-20)21-22(18)27(23,24)15-8-3-2-4-9-15/h2-13,18H,14H2,1H3/t18-/m0/s1. The molecule has 0 spiro atoms. The molecule has 2 aromatic carbocycles. The van der Waals surface area contributed by atoms with Crippen LogP contribution in [0.25, 0.3) is 0 Å². The molecule has 1 atom stereocenters. The fourth-order valence-corrected chi connectivity index (χ4v) is 4.62. The van der Waals surface area contributed by atoms with Crippen LogP contribution in [0.4, 0.5) is 0 Å². The summed E-state index contributed by atoms with van der Waals surface area (Å²) in [6.45, 7) is 0. The molecule has 27 heavy (non-hydrogen) atoms. The van der Waals surface area contributed by atoms with Crippen LogP contribution in [-0.2, 0) is 10.0 Å². The van der Waals surface area contributed by atoms with Crippen LogP contribution in [-0.4, -0.2) is 25.7 Å². The predicted octanol–water partition coefficient (Wildman–Crippen LogP) is 3.83. The molecule has 0 bridgehead atoms. The summed E-state index contributed by atoms with van der Waals surface area (Å²) in [5.41, 5.74) is 1.33. The Morgan fingerprint density at radius 1 is 1.04 bits per heavy atom. The van der Waals surface area contributed by atoms with Crippen LogP contribution in [0.2, 0.25) is 0 Å². The summed E-state index contributed by atoms with van der Waals surface area (Å²) in [6.07, 6.45) is 1.93. The van der Waals surface area contributed by atoms with Gasteiger partial charge in [-0.25, -0.2) is 0 Å². The molecule has 1 aromatic heterocycles. The second-order valence-corrected chi connectivity index (χ2v) is 7.87. The van der Waals surface area contributed by atoms with Crippen molar-refractivity contribution in [3.8, 4) is 5.75 Å². The van der Waals surface area contributed by atoms with E-state index in [0.29, 0.717) is 23.6 Å². The highest BCUT2D eigenvalue weighted by Crippen LogP contribution is 2.40. The summed E-state index contributed by atoms with van der Waals surface area (Å²) in [6, 6.07) is 18.7. The van der Waals surface area contributed by atoms with Gasteiger partial charge in [0.2, 0.25) is 0 Å². The first-order valence-corrected chi connectivity index (χ1v) is 9.89. The second kappa shape index (κ2) is 6.92. The Morgan fingerprint density at radius 2 is 1.78 bits per heavy atom. The minimum absolute atomic E-state index is 0.189. The molecular weight excluding hydrogens is 364 g/mol. The van der Waals surface area contributed by atoms with E-state index in [2.05, 4.69) is 5.10 Å². The molecule has 0 N–H and O–H groups in total. The van der Waals surface area contributed by atoms with Crippen molar-refractivity contribution in [1.29, 1.82) is 0 Å². The highest BCUT2D eigenvalue weighted by molar-refractivity contribution is 7.89. The van der Waals surface area contributed by atoms with E-state index < -0.39 is 16.1 Å². The number of para-hydroxylation sites is 1. The quantitative estimate of drug-likeness (QED) is 0.672. The molecule has 4 rings (SSSR count). The van der Waals surface area contributed by atoms with Crippen molar-refractivity contribution in [2.24, 2.45) is 5.10 Å². The molecule has 0 unspecified atom stereocenters. The van der Waals surface area contributed by atoms with Crippen molar-refractivity contribution < 1.29 is 17.6 Å². The maximum atomic E-state index is 13.3. The molecule has 6 nitrogen and oxygen atoms in total. The van der Waals surface area contributed by atoms with Gasteiger partial charge in [0.05, 0.1) is 24.3 Å². The Morgan fingerprint density at radius 3 is 2.48 bits per heavy atom. The average molecular weight is 382 g/mol. The van der Waals surface area contributed by atoms with Gasteiger partial charge in [-0.3, -0.25) is 0 Å². The van der Waals surface area contributed by atoms with Gasteiger partial charge in [0, 0.05) is 12.0 Å². The first-order valence-electron chi connectivity index (χ1n) is 8.45. The first kappa shape index (κ1) is 17.4. The third-order valence-corrected chi connectivity index (χ3v) is 6.16. The van der Waals surface area contributed by atoms with Crippen LogP contribution in [0, 0.1) is 0 Å². The van der Waals surface area contributed by atoms with Crippen molar-refractivity contribution in [3.63, 3.8) is 0 Å². The molecule has 0 saturated carbocycles. The number of sulfonamides is 1. The summed E-state index contributed by atoms with van der Waals surface area (Å²) in [5.74, 6) is 1.17. The Labute approximate surface area is 157 Å². The molecule has 0 amide bonds. The number of nitrogens with zero attached hydrogens (tertiary/aromatic N) is 2. The fourth-order valence-electron chi connectivity index (χ4n) is 3.18. The fraction of sp³-hybridized carbons (Fsp3) is 0.150. The van der Waals surface area contributed by atoms with Gasteiger partial charge in [-0.15, -0.1) is 0 Å². The smallest absolute Gasteiger partial charge is 0.279 e. The number of ether oxygens (including phenoxy) is 1. The van der Waals surface area contributed by atoms with Gasteiger partial charge in [-0.2, -0.15) is 17.9 Å². The number of furan rings is 1. The van der Waals surface area contributed by atoms with E-state index in [4.69, 9.17) is 9.15 Å². The largest absolute Gasteiger partial charge is 0.496 e.